The maximum atomic E-state index is 8.62. The molecule has 0 aliphatic carbocycles. The Morgan fingerprint density at radius 3 is 1.82 bits per heavy atom. The van der Waals surface area contributed by atoms with E-state index in [1.807, 2.05) is 53.1 Å². The number of nitrogens with zero attached hydrogens (tertiary/aromatic N) is 4. The summed E-state index contributed by atoms with van der Waals surface area (Å²) in [5, 5.41) is 2.06. The van der Waals surface area contributed by atoms with Crippen molar-refractivity contribution in [1.29, 1.82) is 0 Å². The van der Waals surface area contributed by atoms with Crippen LogP contribution in [0.2, 0.25) is 0 Å². The molecule has 0 unspecified atom stereocenters. The van der Waals surface area contributed by atoms with Crippen LogP contribution in [0.5, 0.6) is 11.5 Å². The highest BCUT2D eigenvalue weighted by molar-refractivity contribution is 6.09. The number of para-hydroxylation sites is 3. The zero-order valence-electron chi connectivity index (χ0n) is 39.3. The van der Waals surface area contributed by atoms with Crippen LogP contribution in [0.1, 0.15) is 88.7 Å². The summed E-state index contributed by atoms with van der Waals surface area (Å²) in [4.78, 5) is 9.72. The number of anilines is 4. The van der Waals surface area contributed by atoms with Crippen molar-refractivity contribution in [1.82, 2.24) is 9.55 Å². The predicted molar refractivity (Wildman–Crippen MR) is 253 cm³/mol. The summed E-state index contributed by atoms with van der Waals surface area (Å²) in [6.07, 6.45) is 1.71. The Bertz CT molecular complexity index is 2980. The van der Waals surface area contributed by atoms with Crippen molar-refractivity contribution in [3.05, 3.63) is 168 Å². The second-order valence-corrected chi connectivity index (χ2v) is 19.3. The topological polar surface area (TPSA) is 33.5 Å². The van der Waals surface area contributed by atoms with Crippen LogP contribution in [0.25, 0.3) is 38.8 Å². The Kier molecular flexibility index (Phi) is 8.57. The van der Waals surface area contributed by atoms with Gasteiger partial charge in [-0.25, -0.2) is 4.98 Å². The Balaban J connectivity index is 1.07. The molecule has 60 heavy (non-hydrogen) atoms. The van der Waals surface area contributed by atoms with Crippen LogP contribution < -0.4 is 14.5 Å². The number of ether oxygens (including phenoxy) is 1. The number of pyridine rings is 1. The summed E-state index contributed by atoms with van der Waals surface area (Å²) >= 11 is 0. The van der Waals surface area contributed by atoms with E-state index in [1.165, 1.54) is 22.4 Å². The molecule has 2 aromatic heterocycles. The second kappa shape index (κ2) is 14.4. The van der Waals surface area contributed by atoms with Gasteiger partial charge in [0.15, 0.2) is 0 Å². The van der Waals surface area contributed by atoms with Crippen molar-refractivity contribution in [3.63, 3.8) is 0 Å². The standard InChI is InChI=1S/C55H56N4O/c1-36-28-52(56-34-47(36)37-22-24-38(25-23-37)53(2,3)4)59-48-19-12-11-18-45(48)46-27-26-44(33-51(46)59)60-43-17-15-16-41(32-43)57-35-58(50-21-14-13-20-49(50)57)42-30-39(54(5,6)7)29-40(31-42)55(8,9)10/h11-34H,35H2,1-10H3/i1D3. The van der Waals surface area contributed by atoms with Crippen LogP contribution in [-0.2, 0) is 16.2 Å². The van der Waals surface area contributed by atoms with Crippen LogP contribution in [0.3, 0.4) is 0 Å². The van der Waals surface area contributed by atoms with E-state index in [0.29, 0.717) is 29.5 Å². The highest BCUT2D eigenvalue weighted by Gasteiger charge is 2.30. The Labute approximate surface area is 360 Å². The van der Waals surface area contributed by atoms with Gasteiger partial charge >= 0.3 is 0 Å². The minimum Gasteiger partial charge on any atom is -0.457 e. The van der Waals surface area contributed by atoms with Gasteiger partial charge in [-0.05, 0) is 112 Å². The molecule has 9 rings (SSSR count). The first kappa shape index (κ1) is 35.6. The molecular formula is C55H56N4O. The van der Waals surface area contributed by atoms with Crippen molar-refractivity contribution in [2.75, 3.05) is 16.5 Å². The van der Waals surface area contributed by atoms with Crippen molar-refractivity contribution < 1.29 is 8.85 Å². The Morgan fingerprint density at radius 1 is 0.533 bits per heavy atom. The minimum atomic E-state index is -2.37. The van der Waals surface area contributed by atoms with E-state index < -0.39 is 6.85 Å². The first-order chi connectivity index (χ1) is 29.7. The number of fused-ring (bicyclic) bond motifs is 4. The fourth-order valence-electron chi connectivity index (χ4n) is 8.35. The smallest absolute Gasteiger partial charge is 0.137 e. The van der Waals surface area contributed by atoms with Gasteiger partial charge in [-0.3, -0.25) is 4.57 Å². The first-order valence-electron chi connectivity index (χ1n) is 22.5. The zero-order valence-corrected chi connectivity index (χ0v) is 36.3. The number of benzene rings is 6. The van der Waals surface area contributed by atoms with E-state index in [-0.39, 0.29) is 21.8 Å². The molecule has 0 saturated heterocycles. The van der Waals surface area contributed by atoms with Crippen LogP contribution in [0.15, 0.2) is 146 Å². The van der Waals surface area contributed by atoms with Crippen LogP contribution >= 0.6 is 0 Å². The molecule has 302 valence electrons. The summed E-state index contributed by atoms with van der Waals surface area (Å²) in [5.41, 5.74) is 11.8. The average Bonchev–Trinajstić information content (AvgIpc) is 3.78. The van der Waals surface area contributed by atoms with Crippen LogP contribution in [0.4, 0.5) is 22.7 Å². The summed E-state index contributed by atoms with van der Waals surface area (Å²) in [5.74, 6) is 1.90. The molecule has 0 atom stereocenters. The molecule has 0 saturated carbocycles. The molecule has 3 heterocycles. The Morgan fingerprint density at radius 2 is 1.15 bits per heavy atom. The highest BCUT2D eigenvalue weighted by Crippen LogP contribution is 2.46. The molecular weight excluding hydrogens is 733 g/mol. The molecule has 0 fully saturated rings. The van der Waals surface area contributed by atoms with Gasteiger partial charge in [-0.1, -0.05) is 129 Å². The average molecular weight is 792 g/mol. The number of aryl methyl sites for hydroxylation is 1. The molecule has 0 spiro atoms. The predicted octanol–water partition coefficient (Wildman–Crippen LogP) is 15.1. The third kappa shape index (κ3) is 7.21. The summed E-state index contributed by atoms with van der Waals surface area (Å²) < 4.78 is 34.6. The fourth-order valence-corrected chi connectivity index (χ4v) is 8.35. The van der Waals surface area contributed by atoms with E-state index >= 15 is 0 Å². The van der Waals surface area contributed by atoms with E-state index in [9.17, 15) is 0 Å². The van der Waals surface area contributed by atoms with E-state index in [4.69, 9.17) is 13.8 Å². The van der Waals surface area contributed by atoms with Gasteiger partial charge in [-0.15, -0.1) is 0 Å². The third-order valence-corrected chi connectivity index (χ3v) is 11.9. The number of aromatic nitrogens is 2. The van der Waals surface area contributed by atoms with Gasteiger partial charge in [0.25, 0.3) is 0 Å². The molecule has 0 radical (unpaired) electrons. The second-order valence-electron chi connectivity index (χ2n) is 19.3. The van der Waals surface area contributed by atoms with Crippen LogP contribution in [-0.4, -0.2) is 16.2 Å². The molecule has 0 N–H and O–H groups in total. The van der Waals surface area contributed by atoms with Crippen molar-refractivity contribution in [2.45, 2.75) is 85.4 Å². The maximum absolute atomic E-state index is 8.62. The summed E-state index contributed by atoms with van der Waals surface area (Å²) in [6.45, 7) is 18.5. The molecule has 0 amide bonds. The lowest BCUT2D eigenvalue weighted by Gasteiger charge is -2.29. The van der Waals surface area contributed by atoms with E-state index in [1.54, 1.807) is 12.3 Å². The summed E-state index contributed by atoms with van der Waals surface area (Å²) in [7, 11) is 0. The first-order valence-corrected chi connectivity index (χ1v) is 21.0. The number of rotatable bonds is 6. The molecule has 0 bridgehead atoms. The minimum absolute atomic E-state index is 0.000807. The molecule has 5 nitrogen and oxygen atoms in total. The van der Waals surface area contributed by atoms with Gasteiger partial charge in [-0.2, -0.15) is 0 Å². The fraction of sp³-hybridized carbons (Fsp3) is 0.255. The number of hydrogen-bond donors (Lipinski definition) is 0. The summed E-state index contributed by atoms with van der Waals surface area (Å²) in [6, 6.07) is 48.1. The highest BCUT2D eigenvalue weighted by atomic mass is 16.5. The number of hydrogen-bond acceptors (Lipinski definition) is 4. The lowest BCUT2D eigenvalue weighted by Crippen LogP contribution is -2.25. The van der Waals surface area contributed by atoms with Gasteiger partial charge in [0, 0.05) is 50.2 Å². The normalized spacial score (nSPS) is 14.3. The van der Waals surface area contributed by atoms with Crippen molar-refractivity contribution in [3.8, 4) is 28.4 Å². The van der Waals surface area contributed by atoms with Gasteiger partial charge in [0.05, 0.1) is 22.4 Å². The van der Waals surface area contributed by atoms with Gasteiger partial charge in [0.2, 0.25) is 0 Å². The zero-order chi connectivity index (χ0) is 44.6. The van der Waals surface area contributed by atoms with E-state index in [2.05, 4.69) is 157 Å². The molecule has 5 heteroatoms. The van der Waals surface area contributed by atoms with Crippen molar-refractivity contribution >= 4 is 44.6 Å². The quantitative estimate of drug-likeness (QED) is 0.168. The monoisotopic (exact) mass is 791 g/mol. The molecule has 6 aromatic carbocycles. The largest absolute Gasteiger partial charge is 0.457 e. The van der Waals surface area contributed by atoms with Crippen molar-refractivity contribution in [2.24, 2.45) is 0 Å². The maximum Gasteiger partial charge on any atom is 0.137 e. The lowest BCUT2D eigenvalue weighted by molar-refractivity contribution is 0.483. The van der Waals surface area contributed by atoms with Gasteiger partial charge in [0.1, 0.15) is 24.0 Å². The molecule has 1 aliphatic rings. The van der Waals surface area contributed by atoms with Gasteiger partial charge < -0.3 is 14.5 Å². The lowest BCUT2D eigenvalue weighted by atomic mass is 9.80. The third-order valence-electron chi connectivity index (χ3n) is 11.9. The van der Waals surface area contributed by atoms with E-state index in [0.717, 1.165) is 44.4 Å². The molecule has 1 aliphatic heterocycles. The molecule has 8 aromatic rings. The van der Waals surface area contributed by atoms with Crippen LogP contribution in [0, 0.1) is 6.85 Å². The SMILES string of the molecule is [2H]C([2H])([2H])c1cc(-n2c3ccccc3c3ccc(Oc4cccc(N5CN(c6cc(C(C)(C)C)cc(C(C)(C)C)c6)c6ccccc65)c4)cc32)ncc1-c1ccc(C(C)(C)C)cc1. The Hall–Kier alpha value is -6.33.